The molecule has 1 aliphatic heterocycles. The minimum atomic E-state index is 0.119. The summed E-state index contributed by atoms with van der Waals surface area (Å²) < 4.78 is 5.27. The number of halogens is 1. The molecule has 0 aromatic heterocycles. The van der Waals surface area contributed by atoms with Crippen LogP contribution in [-0.4, -0.2) is 43.6 Å². The van der Waals surface area contributed by atoms with Gasteiger partial charge in [0.25, 0.3) is 0 Å². The van der Waals surface area contributed by atoms with Crippen LogP contribution < -0.4 is 10.1 Å². The number of piperazine rings is 1. The van der Waals surface area contributed by atoms with Crippen LogP contribution in [0.25, 0.3) is 0 Å². The van der Waals surface area contributed by atoms with E-state index in [0.29, 0.717) is 23.2 Å². The van der Waals surface area contributed by atoms with Crippen molar-refractivity contribution in [1.82, 2.24) is 10.2 Å². The lowest BCUT2D eigenvalue weighted by molar-refractivity contribution is -0.131. The minimum Gasteiger partial charge on any atom is -0.496 e. The molecule has 0 saturated carbocycles. The molecule has 4 nitrogen and oxygen atoms in total. The molecule has 104 valence electrons. The molecule has 1 aromatic rings. The number of carbonyl (C=O) groups is 1. The van der Waals surface area contributed by atoms with Crippen LogP contribution in [0.2, 0.25) is 5.02 Å². The largest absolute Gasteiger partial charge is 0.496 e. The van der Waals surface area contributed by atoms with Gasteiger partial charge in [-0.2, -0.15) is 0 Å². The summed E-state index contributed by atoms with van der Waals surface area (Å²) in [5.41, 5.74) is 0.839. The predicted molar refractivity (Wildman–Crippen MR) is 75.8 cm³/mol. The van der Waals surface area contributed by atoms with Gasteiger partial charge in [0.2, 0.25) is 5.91 Å². The van der Waals surface area contributed by atoms with E-state index >= 15 is 0 Å². The average molecular weight is 283 g/mol. The molecule has 0 bridgehead atoms. The fourth-order valence-electron chi connectivity index (χ4n) is 2.32. The maximum absolute atomic E-state index is 12.3. The minimum absolute atomic E-state index is 0.119. The predicted octanol–water partition coefficient (Wildman–Crippen LogP) is 1.71. The van der Waals surface area contributed by atoms with Gasteiger partial charge in [0.15, 0.2) is 0 Å². The van der Waals surface area contributed by atoms with Gasteiger partial charge in [-0.3, -0.25) is 4.79 Å². The Kier molecular flexibility index (Phi) is 4.66. The van der Waals surface area contributed by atoms with Crippen LogP contribution in [-0.2, 0) is 11.2 Å². The quantitative estimate of drug-likeness (QED) is 0.918. The smallest absolute Gasteiger partial charge is 0.227 e. The molecule has 1 atom stereocenters. The molecule has 0 spiro atoms. The lowest BCUT2D eigenvalue weighted by atomic mass is 10.1. The Labute approximate surface area is 118 Å². The molecule has 1 aromatic carbocycles. The summed E-state index contributed by atoms with van der Waals surface area (Å²) in [6, 6.07) is 5.70. The first kappa shape index (κ1) is 14.2. The van der Waals surface area contributed by atoms with Crippen LogP contribution in [0.3, 0.4) is 0 Å². The SMILES string of the molecule is COc1ccc(Cl)cc1CC(=O)N1CCN[C@H](C)C1. The van der Waals surface area contributed by atoms with Gasteiger partial charge in [0.1, 0.15) is 5.75 Å². The van der Waals surface area contributed by atoms with Gasteiger partial charge in [-0.15, -0.1) is 0 Å². The summed E-state index contributed by atoms with van der Waals surface area (Å²) in [6.45, 7) is 4.44. The zero-order valence-electron chi connectivity index (χ0n) is 11.3. The van der Waals surface area contributed by atoms with Gasteiger partial charge in [0, 0.05) is 36.3 Å². The fraction of sp³-hybridized carbons (Fsp3) is 0.500. The summed E-state index contributed by atoms with van der Waals surface area (Å²) in [5, 5.41) is 3.95. The van der Waals surface area contributed by atoms with E-state index in [9.17, 15) is 4.79 Å². The van der Waals surface area contributed by atoms with E-state index in [2.05, 4.69) is 12.2 Å². The number of rotatable bonds is 3. The fourth-order valence-corrected chi connectivity index (χ4v) is 2.51. The van der Waals surface area contributed by atoms with E-state index in [0.717, 1.165) is 25.2 Å². The van der Waals surface area contributed by atoms with E-state index in [1.165, 1.54) is 0 Å². The first-order valence-corrected chi connectivity index (χ1v) is 6.81. The third kappa shape index (κ3) is 3.61. The molecule has 0 unspecified atom stereocenters. The Morgan fingerprint density at radius 3 is 3.05 bits per heavy atom. The maximum Gasteiger partial charge on any atom is 0.227 e. The molecule has 0 aliphatic carbocycles. The molecule has 1 fully saturated rings. The molecule has 0 radical (unpaired) electrons. The van der Waals surface area contributed by atoms with Crippen LogP contribution in [0.5, 0.6) is 5.75 Å². The van der Waals surface area contributed by atoms with Crippen molar-refractivity contribution in [3.05, 3.63) is 28.8 Å². The van der Waals surface area contributed by atoms with Crippen molar-refractivity contribution in [1.29, 1.82) is 0 Å². The number of nitrogens with one attached hydrogen (secondary N) is 1. The van der Waals surface area contributed by atoms with Crippen LogP contribution >= 0.6 is 11.6 Å². The van der Waals surface area contributed by atoms with Crippen molar-refractivity contribution in [3.8, 4) is 5.75 Å². The third-order valence-corrected chi connectivity index (χ3v) is 3.54. The third-order valence-electron chi connectivity index (χ3n) is 3.31. The monoisotopic (exact) mass is 282 g/mol. The zero-order chi connectivity index (χ0) is 13.8. The van der Waals surface area contributed by atoms with E-state index in [1.54, 1.807) is 25.3 Å². The molecular weight excluding hydrogens is 264 g/mol. The van der Waals surface area contributed by atoms with E-state index in [-0.39, 0.29) is 5.91 Å². The Hall–Kier alpha value is -1.26. The number of amides is 1. The number of ether oxygens (including phenoxy) is 1. The molecule has 1 heterocycles. The van der Waals surface area contributed by atoms with Gasteiger partial charge < -0.3 is 15.0 Å². The Morgan fingerprint density at radius 1 is 1.58 bits per heavy atom. The lowest BCUT2D eigenvalue weighted by Crippen LogP contribution is -2.51. The zero-order valence-corrected chi connectivity index (χ0v) is 12.0. The Bertz CT molecular complexity index is 465. The summed E-state index contributed by atoms with van der Waals surface area (Å²) in [7, 11) is 1.60. The first-order chi connectivity index (χ1) is 9.10. The van der Waals surface area contributed by atoms with E-state index in [4.69, 9.17) is 16.3 Å². The summed E-state index contributed by atoms with van der Waals surface area (Å²) in [4.78, 5) is 14.2. The standard InChI is InChI=1S/C14H19ClN2O2/c1-10-9-17(6-5-16-10)14(18)8-11-7-12(15)3-4-13(11)19-2/h3-4,7,10,16H,5-6,8-9H2,1-2H3/t10-/m1/s1. The highest BCUT2D eigenvalue weighted by atomic mass is 35.5. The van der Waals surface area contributed by atoms with Gasteiger partial charge in [-0.05, 0) is 25.1 Å². The number of methoxy groups -OCH3 is 1. The van der Waals surface area contributed by atoms with Crippen molar-refractivity contribution in [2.24, 2.45) is 0 Å². The second-order valence-corrected chi connectivity index (χ2v) is 5.26. The second kappa shape index (κ2) is 6.26. The molecule has 1 aliphatic rings. The topological polar surface area (TPSA) is 41.6 Å². The Balaban J connectivity index is 2.07. The molecule has 1 amide bonds. The highest BCUT2D eigenvalue weighted by molar-refractivity contribution is 6.30. The maximum atomic E-state index is 12.3. The number of hydrogen-bond acceptors (Lipinski definition) is 3. The van der Waals surface area contributed by atoms with Gasteiger partial charge in [-0.1, -0.05) is 11.6 Å². The van der Waals surface area contributed by atoms with E-state index < -0.39 is 0 Å². The molecule has 2 rings (SSSR count). The van der Waals surface area contributed by atoms with E-state index in [1.807, 2.05) is 4.90 Å². The lowest BCUT2D eigenvalue weighted by Gasteiger charge is -2.32. The number of nitrogens with zero attached hydrogens (tertiary/aromatic N) is 1. The first-order valence-electron chi connectivity index (χ1n) is 6.43. The molecular formula is C14H19ClN2O2. The summed E-state index contributed by atoms with van der Waals surface area (Å²) >= 11 is 5.98. The second-order valence-electron chi connectivity index (χ2n) is 4.83. The van der Waals surface area contributed by atoms with Gasteiger partial charge in [-0.25, -0.2) is 0 Å². The molecule has 1 N–H and O–H groups in total. The van der Waals surface area contributed by atoms with Crippen molar-refractivity contribution >= 4 is 17.5 Å². The number of benzene rings is 1. The molecule has 19 heavy (non-hydrogen) atoms. The van der Waals surface area contributed by atoms with Crippen LogP contribution in [0, 0.1) is 0 Å². The Morgan fingerprint density at radius 2 is 2.37 bits per heavy atom. The summed E-state index contributed by atoms with van der Waals surface area (Å²) in [5.74, 6) is 0.829. The van der Waals surface area contributed by atoms with Crippen LogP contribution in [0.1, 0.15) is 12.5 Å². The van der Waals surface area contributed by atoms with Crippen LogP contribution in [0.4, 0.5) is 0 Å². The highest BCUT2D eigenvalue weighted by Crippen LogP contribution is 2.23. The normalized spacial score (nSPS) is 19.3. The highest BCUT2D eigenvalue weighted by Gasteiger charge is 2.21. The average Bonchev–Trinajstić information content (AvgIpc) is 2.39. The van der Waals surface area contributed by atoms with Crippen molar-refractivity contribution in [2.45, 2.75) is 19.4 Å². The van der Waals surface area contributed by atoms with Gasteiger partial charge >= 0.3 is 0 Å². The molecule has 5 heteroatoms. The molecule has 1 saturated heterocycles. The number of carbonyl (C=O) groups excluding carboxylic acids is 1. The van der Waals surface area contributed by atoms with Crippen LogP contribution in [0.15, 0.2) is 18.2 Å². The van der Waals surface area contributed by atoms with Crippen molar-refractivity contribution < 1.29 is 9.53 Å². The van der Waals surface area contributed by atoms with Crippen molar-refractivity contribution in [3.63, 3.8) is 0 Å². The van der Waals surface area contributed by atoms with Crippen molar-refractivity contribution in [2.75, 3.05) is 26.7 Å². The summed E-state index contributed by atoms with van der Waals surface area (Å²) in [6.07, 6.45) is 0.330. The number of hydrogen-bond donors (Lipinski definition) is 1. The van der Waals surface area contributed by atoms with Gasteiger partial charge in [0.05, 0.1) is 13.5 Å².